The first-order valence-electron chi connectivity index (χ1n) is 7.44. The second-order valence-corrected chi connectivity index (χ2v) is 5.31. The fourth-order valence-electron chi connectivity index (χ4n) is 2.56. The molecule has 26 heavy (non-hydrogen) atoms. The van der Waals surface area contributed by atoms with Crippen LogP contribution in [0.4, 0.5) is 5.82 Å². The Bertz CT molecular complexity index is 1050. The first kappa shape index (κ1) is 19.4. The predicted octanol–water partition coefficient (Wildman–Crippen LogP) is 2.63. The normalized spacial score (nSPS) is 10.2. The van der Waals surface area contributed by atoms with Crippen LogP contribution in [-0.4, -0.2) is 25.3 Å². The quantitative estimate of drug-likeness (QED) is 0.560. The lowest BCUT2D eigenvalue weighted by molar-refractivity contribution is 0.0945. The van der Waals surface area contributed by atoms with Crippen molar-refractivity contribution in [3.8, 4) is 0 Å². The Morgan fingerprint density at radius 3 is 2.62 bits per heavy atom. The van der Waals surface area contributed by atoms with Crippen LogP contribution < -0.4 is 11.1 Å². The molecule has 9 heteroatoms. The molecule has 1 aromatic carbocycles. The van der Waals surface area contributed by atoms with Gasteiger partial charge in [-0.1, -0.05) is 18.2 Å². The third-order valence-electron chi connectivity index (χ3n) is 3.71. The highest BCUT2D eigenvalue weighted by atomic mass is 35.5. The van der Waals surface area contributed by atoms with Crippen molar-refractivity contribution in [1.82, 2.24) is 24.7 Å². The molecule has 4 rings (SSSR count). The first-order valence-corrected chi connectivity index (χ1v) is 7.44. The molecule has 0 aliphatic carbocycles. The number of aromatic nitrogens is 4. The van der Waals surface area contributed by atoms with E-state index >= 15 is 0 Å². The minimum Gasteiger partial charge on any atom is -0.381 e. The second kappa shape index (κ2) is 7.99. The van der Waals surface area contributed by atoms with Gasteiger partial charge in [0, 0.05) is 12.4 Å². The molecular weight excluding hydrogens is 375 g/mol. The molecule has 0 radical (unpaired) electrons. The van der Waals surface area contributed by atoms with Crippen molar-refractivity contribution >= 4 is 53.2 Å². The fraction of sp³-hybridized carbons (Fsp3) is 0.0588. The van der Waals surface area contributed by atoms with Gasteiger partial charge >= 0.3 is 0 Å². The van der Waals surface area contributed by atoms with E-state index in [0.717, 1.165) is 16.7 Å². The van der Waals surface area contributed by atoms with Crippen molar-refractivity contribution in [2.75, 3.05) is 5.73 Å². The maximum atomic E-state index is 12.4. The molecule has 3 aromatic heterocycles. The Kier molecular flexibility index (Phi) is 5.97. The minimum absolute atomic E-state index is 0. The summed E-state index contributed by atoms with van der Waals surface area (Å²) in [6, 6.07) is 13.2. The highest BCUT2D eigenvalue weighted by Crippen LogP contribution is 2.19. The monoisotopic (exact) mass is 390 g/mol. The number of nitrogens with one attached hydrogen (secondary N) is 1. The smallest absolute Gasteiger partial charge is 0.271 e. The number of amides is 1. The number of para-hydroxylation sites is 2. The van der Waals surface area contributed by atoms with Crippen LogP contribution in [0, 0.1) is 0 Å². The molecule has 0 aliphatic rings. The zero-order valence-corrected chi connectivity index (χ0v) is 15.1. The lowest BCUT2D eigenvalue weighted by Crippen LogP contribution is -2.25. The van der Waals surface area contributed by atoms with Crippen molar-refractivity contribution in [3.63, 3.8) is 0 Å². The average molecular weight is 391 g/mol. The molecule has 0 spiro atoms. The van der Waals surface area contributed by atoms with Gasteiger partial charge in [-0.15, -0.1) is 24.8 Å². The molecule has 3 N–H and O–H groups in total. The largest absolute Gasteiger partial charge is 0.381 e. The van der Waals surface area contributed by atoms with Gasteiger partial charge in [0.2, 0.25) is 0 Å². The number of nitrogens with two attached hydrogens (primary N) is 1. The van der Waals surface area contributed by atoms with E-state index in [0.29, 0.717) is 12.2 Å². The molecule has 7 nitrogen and oxygen atoms in total. The van der Waals surface area contributed by atoms with E-state index < -0.39 is 0 Å². The van der Waals surface area contributed by atoms with Gasteiger partial charge in [0.15, 0.2) is 11.5 Å². The number of carbonyl (C=O) groups excluding carboxylic acids is 1. The number of imidazole rings is 1. The molecule has 134 valence electrons. The van der Waals surface area contributed by atoms with Crippen LogP contribution in [-0.2, 0) is 6.54 Å². The second-order valence-electron chi connectivity index (χ2n) is 5.31. The van der Waals surface area contributed by atoms with Crippen LogP contribution in [0.25, 0.3) is 16.7 Å². The molecule has 0 unspecified atom stereocenters. The number of halogens is 2. The van der Waals surface area contributed by atoms with Gasteiger partial charge in [-0.25, -0.2) is 9.97 Å². The molecule has 0 atom stereocenters. The van der Waals surface area contributed by atoms with Crippen LogP contribution in [0.2, 0.25) is 0 Å². The number of rotatable bonds is 3. The molecule has 4 aromatic rings. The van der Waals surface area contributed by atoms with Crippen molar-refractivity contribution < 1.29 is 4.79 Å². The van der Waals surface area contributed by atoms with Gasteiger partial charge in [-0.2, -0.15) is 0 Å². The zero-order chi connectivity index (χ0) is 16.5. The molecule has 0 aliphatic heterocycles. The van der Waals surface area contributed by atoms with E-state index in [2.05, 4.69) is 20.3 Å². The lowest BCUT2D eigenvalue weighted by atomic mass is 10.3. The van der Waals surface area contributed by atoms with Crippen LogP contribution in [0.15, 0.2) is 54.9 Å². The molecule has 3 heterocycles. The van der Waals surface area contributed by atoms with Gasteiger partial charge < -0.3 is 11.1 Å². The summed E-state index contributed by atoms with van der Waals surface area (Å²) < 4.78 is 1.79. The predicted molar refractivity (Wildman–Crippen MR) is 105 cm³/mol. The third-order valence-corrected chi connectivity index (χ3v) is 3.71. The number of pyridine rings is 1. The molecule has 0 fully saturated rings. The average Bonchev–Trinajstić information content (AvgIpc) is 3.00. The summed E-state index contributed by atoms with van der Waals surface area (Å²) in [5.41, 5.74) is 9.20. The summed E-state index contributed by atoms with van der Waals surface area (Å²) in [5, 5.41) is 2.79. The van der Waals surface area contributed by atoms with Crippen LogP contribution in [0.5, 0.6) is 0 Å². The Labute approximate surface area is 161 Å². The Morgan fingerprint density at radius 2 is 1.85 bits per heavy atom. The summed E-state index contributed by atoms with van der Waals surface area (Å²) in [4.78, 5) is 25.2. The Morgan fingerprint density at radius 1 is 1.08 bits per heavy atom. The fourth-order valence-corrected chi connectivity index (χ4v) is 2.56. The molecule has 0 saturated carbocycles. The topological polar surface area (TPSA) is 98.2 Å². The van der Waals surface area contributed by atoms with Crippen molar-refractivity contribution in [3.05, 3.63) is 66.2 Å². The van der Waals surface area contributed by atoms with Gasteiger partial charge in [0.25, 0.3) is 5.91 Å². The molecule has 0 bridgehead atoms. The summed E-state index contributed by atoms with van der Waals surface area (Å²) in [6.07, 6.45) is 3.33. The summed E-state index contributed by atoms with van der Waals surface area (Å²) in [5.74, 6) is -0.0938. The van der Waals surface area contributed by atoms with E-state index in [4.69, 9.17) is 5.73 Å². The van der Waals surface area contributed by atoms with E-state index in [1.54, 1.807) is 16.8 Å². The number of carbonyl (C=O) groups is 1. The number of benzene rings is 1. The lowest BCUT2D eigenvalue weighted by Gasteiger charge is -2.06. The minimum atomic E-state index is -0.313. The maximum Gasteiger partial charge on any atom is 0.271 e. The first-order chi connectivity index (χ1) is 11.7. The zero-order valence-electron chi connectivity index (χ0n) is 13.5. The summed E-state index contributed by atoms with van der Waals surface area (Å²) in [6.45, 7) is 0.323. The van der Waals surface area contributed by atoms with Crippen LogP contribution in [0.1, 0.15) is 16.2 Å². The number of fused-ring (bicyclic) bond motifs is 3. The SMILES string of the molecule is Cl.Cl.Nc1nc(C(=O)NCc2ccccn2)cn2c1nc1ccccc12. The number of nitrogens with zero attached hydrogens (tertiary/aromatic N) is 4. The van der Waals surface area contributed by atoms with Gasteiger partial charge in [0.05, 0.1) is 23.3 Å². The number of hydrogen-bond donors (Lipinski definition) is 2. The van der Waals surface area contributed by atoms with Crippen molar-refractivity contribution in [2.45, 2.75) is 6.54 Å². The van der Waals surface area contributed by atoms with Gasteiger partial charge in [-0.3, -0.25) is 14.2 Å². The molecular formula is C17H16Cl2N6O. The molecule has 0 saturated heterocycles. The Hall–Kier alpha value is -2.90. The van der Waals surface area contributed by atoms with E-state index in [-0.39, 0.29) is 42.2 Å². The van der Waals surface area contributed by atoms with E-state index in [9.17, 15) is 4.79 Å². The van der Waals surface area contributed by atoms with Crippen molar-refractivity contribution in [1.29, 1.82) is 0 Å². The highest BCUT2D eigenvalue weighted by Gasteiger charge is 2.14. The van der Waals surface area contributed by atoms with Gasteiger partial charge in [0.1, 0.15) is 5.69 Å². The maximum absolute atomic E-state index is 12.4. The van der Waals surface area contributed by atoms with E-state index in [1.807, 2.05) is 42.5 Å². The number of anilines is 1. The number of nitrogen functional groups attached to an aromatic ring is 1. The summed E-state index contributed by atoms with van der Waals surface area (Å²) >= 11 is 0. The Balaban J connectivity index is 0.00000121. The number of hydrogen-bond acceptors (Lipinski definition) is 5. The van der Waals surface area contributed by atoms with Crippen LogP contribution in [0.3, 0.4) is 0 Å². The molecule has 1 amide bonds. The van der Waals surface area contributed by atoms with Crippen LogP contribution >= 0.6 is 24.8 Å². The van der Waals surface area contributed by atoms with Crippen molar-refractivity contribution in [2.24, 2.45) is 0 Å². The highest BCUT2D eigenvalue weighted by molar-refractivity contribution is 5.94. The summed E-state index contributed by atoms with van der Waals surface area (Å²) in [7, 11) is 0. The van der Waals surface area contributed by atoms with E-state index in [1.165, 1.54) is 0 Å². The van der Waals surface area contributed by atoms with Gasteiger partial charge in [-0.05, 0) is 24.3 Å². The third kappa shape index (κ3) is 3.54. The standard InChI is InChI=1S/C17H14N6O.2ClH/c18-15-16-22-12-6-1-2-7-14(12)23(16)10-13(21-15)17(24)20-9-11-5-3-4-8-19-11;;/h1-8,10H,9H2,(H2,18,21)(H,20,24);2*1H.